The lowest BCUT2D eigenvalue weighted by Crippen LogP contribution is -2.54. The lowest BCUT2D eigenvalue weighted by molar-refractivity contribution is -0.139. The normalized spacial score (nSPS) is 25.2. The standard InChI is InChI=1S/C47H54N8O7/c1-24(2)38(52-46(58)60-3)44(56)54-32-12-9-30(20-32)41(54)43-48-23-35(50-43)26-7-5-25(6-8-26)28-10-13-33-29(19-28)11-14-34-40(33)51-42(49-34)37-22-31-21-36(31)55(37)45(57)39(53-47(59)61-4)27-15-17-62-18-16-27/h5-8,10-11,13-14,19,23-24,27,30-32,36-39,41H,9,12,15-18,20-22H2,1-4H3,(H,48,50)(H,49,51)(H,52,58)(H,53,59)/t30-,31+,32?,36+,37-,38?,39-,41-/m0/s1. The van der Waals surface area contributed by atoms with Crippen molar-refractivity contribution in [1.29, 1.82) is 0 Å². The van der Waals surface area contributed by atoms with Crippen molar-refractivity contribution < 1.29 is 33.4 Å². The van der Waals surface area contributed by atoms with Crippen LogP contribution in [0, 0.1) is 23.7 Å². The molecule has 5 fully saturated rings. The number of carbonyl (C=O) groups is 4. The number of rotatable bonds is 10. The maximum atomic E-state index is 14.3. The van der Waals surface area contributed by atoms with Crippen LogP contribution in [-0.2, 0) is 23.8 Å². The van der Waals surface area contributed by atoms with Crippen molar-refractivity contribution >= 4 is 45.8 Å². The Morgan fingerprint density at radius 1 is 0.774 bits per heavy atom. The van der Waals surface area contributed by atoms with Crippen molar-refractivity contribution in [2.45, 2.75) is 95.0 Å². The third-order valence-corrected chi connectivity index (χ3v) is 14.3. The van der Waals surface area contributed by atoms with Crippen molar-refractivity contribution in [3.05, 3.63) is 72.4 Å². The number of fused-ring (bicyclic) bond motifs is 6. The van der Waals surface area contributed by atoms with Gasteiger partial charge in [-0.15, -0.1) is 0 Å². The monoisotopic (exact) mass is 842 g/mol. The molecule has 15 nitrogen and oxygen atoms in total. The summed E-state index contributed by atoms with van der Waals surface area (Å²) in [6, 6.07) is 17.5. The molecule has 3 saturated heterocycles. The molecule has 2 unspecified atom stereocenters. The largest absolute Gasteiger partial charge is 0.453 e. The predicted octanol–water partition coefficient (Wildman–Crippen LogP) is 7.02. The summed E-state index contributed by atoms with van der Waals surface area (Å²) in [5.74, 6) is 1.98. The highest BCUT2D eigenvalue weighted by Crippen LogP contribution is 2.54. The van der Waals surface area contributed by atoms with Crippen molar-refractivity contribution in [2.24, 2.45) is 23.7 Å². The van der Waals surface area contributed by atoms with Crippen LogP contribution in [0.25, 0.3) is 44.2 Å². The number of carbonyl (C=O) groups excluding carboxylic acids is 4. The molecule has 3 aliphatic heterocycles. The summed E-state index contributed by atoms with van der Waals surface area (Å²) < 4.78 is 15.3. The summed E-state index contributed by atoms with van der Waals surface area (Å²) in [7, 11) is 2.63. The Morgan fingerprint density at radius 2 is 1.52 bits per heavy atom. The molecule has 15 heteroatoms. The van der Waals surface area contributed by atoms with Crippen LogP contribution in [0.1, 0.15) is 82.5 Å². The minimum atomic E-state index is -0.686. The molecule has 62 heavy (non-hydrogen) atoms. The number of nitrogens with zero attached hydrogens (tertiary/aromatic N) is 4. The van der Waals surface area contributed by atoms with E-state index in [2.05, 4.69) is 75.2 Å². The van der Waals surface area contributed by atoms with E-state index in [-0.39, 0.29) is 47.8 Å². The zero-order valence-electron chi connectivity index (χ0n) is 35.6. The van der Waals surface area contributed by atoms with Crippen LogP contribution >= 0.6 is 0 Å². The Balaban J connectivity index is 0.867. The first kappa shape index (κ1) is 40.1. The number of benzene rings is 3. The lowest BCUT2D eigenvalue weighted by atomic mass is 9.90. The molecular weight excluding hydrogens is 789 g/mol. The zero-order chi connectivity index (χ0) is 42.8. The number of methoxy groups -OCH3 is 2. The Bertz CT molecular complexity index is 2530. The lowest BCUT2D eigenvalue weighted by Gasteiger charge is -2.37. The van der Waals surface area contributed by atoms with E-state index in [1.54, 1.807) is 0 Å². The summed E-state index contributed by atoms with van der Waals surface area (Å²) in [4.78, 5) is 73.9. The number of imidazole rings is 2. The highest BCUT2D eigenvalue weighted by molar-refractivity contribution is 6.05. The third kappa shape index (κ3) is 7.13. The van der Waals surface area contributed by atoms with Crippen molar-refractivity contribution in [2.75, 3.05) is 27.4 Å². The van der Waals surface area contributed by atoms with Crippen LogP contribution in [0.5, 0.6) is 0 Å². The second-order valence-corrected chi connectivity index (χ2v) is 18.2. The van der Waals surface area contributed by atoms with Gasteiger partial charge in [0.25, 0.3) is 0 Å². The zero-order valence-corrected chi connectivity index (χ0v) is 35.6. The number of nitrogens with one attached hydrogen (secondary N) is 4. The fourth-order valence-electron chi connectivity index (χ4n) is 10.9. The number of aromatic nitrogens is 4. The van der Waals surface area contributed by atoms with Gasteiger partial charge in [-0.25, -0.2) is 19.6 Å². The van der Waals surface area contributed by atoms with Crippen molar-refractivity contribution in [3.63, 3.8) is 0 Å². The molecular formula is C47H54N8O7. The van der Waals surface area contributed by atoms with E-state index >= 15 is 0 Å². The maximum absolute atomic E-state index is 14.3. The van der Waals surface area contributed by atoms with Gasteiger partial charge in [0, 0.05) is 30.7 Å². The van der Waals surface area contributed by atoms with Gasteiger partial charge in [-0.2, -0.15) is 0 Å². The van der Waals surface area contributed by atoms with Gasteiger partial charge in [0.15, 0.2) is 0 Å². The molecule has 3 aromatic carbocycles. The number of amides is 4. The van der Waals surface area contributed by atoms with Gasteiger partial charge in [-0.3, -0.25) is 9.59 Å². The fraction of sp³-hybridized carbons (Fsp3) is 0.489. The van der Waals surface area contributed by atoms with Crippen molar-refractivity contribution in [1.82, 2.24) is 40.4 Å². The summed E-state index contributed by atoms with van der Waals surface area (Å²) in [5.41, 5.74) is 5.80. The first-order valence-corrected chi connectivity index (χ1v) is 22.1. The van der Waals surface area contributed by atoms with Crippen LogP contribution in [0.4, 0.5) is 9.59 Å². The molecule has 2 aromatic heterocycles. The van der Waals surface area contributed by atoms with Gasteiger partial charge in [0.1, 0.15) is 23.7 Å². The van der Waals surface area contributed by atoms with Gasteiger partial charge in [0.05, 0.1) is 49.2 Å². The van der Waals surface area contributed by atoms with Gasteiger partial charge in [-0.05, 0) is 103 Å². The van der Waals surface area contributed by atoms with E-state index in [4.69, 9.17) is 24.2 Å². The smallest absolute Gasteiger partial charge is 0.407 e. The molecule has 0 spiro atoms. The van der Waals surface area contributed by atoms with E-state index in [1.165, 1.54) is 14.2 Å². The fourth-order valence-corrected chi connectivity index (χ4v) is 10.9. The predicted molar refractivity (Wildman–Crippen MR) is 230 cm³/mol. The first-order chi connectivity index (χ1) is 30.1. The Kier molecular flexibility index (Phi) is 10.4. The average Bonchev–Trinajstić information content (AvgIpc) is 3.92. The third-order valence-electron chi connectivity index (χ3n) is 14.3. The van der Waals surface area contributed by atoms with Gasteiger partial charge in [0.2, 0.25) is 11.8 Å². The molecule has 4 amide bonds. The number of ether oxygens (including phenoxy) is 3. The number of alkyl carbamates (subject to hydrolysis) is 2. The molecule has 0 radical (unpaired) electrons. The number of hydrogen-bond acceptors (Lipinski definition) is 9. The first-order valence-electron chi connectivity index (χ1n) is 22.1. The molecule has 5 aliphatic rings. The number of likely N-dealkylation sites (tertiary alicyclic amines) is 2. The van der Waals surface area contributed by atoms with Crippen molar-refractivity contribution in [3.8, 4) is 22.4 Å². The molecule has 8 atom stereocenters. The number of hydrogen-bond donors (Lipinski definition) is 4. The van der Waals surface area contributed by atoms with E-state index in [9.17, 15) is 19.2 Å². The van der Waals surface area contributed by atoms with E-state index in [0.717, 1.165) is 87.9 Å². The minimum absolute atomic E-state index is 0.0262. The SMILES string of the molecule is COC(=O)NC(C(=O)N1C2CC[C@@H](C2)[C@H]1c1ncc(-c2ccc(-c3ccc4c(ccc5[nH]c([C@@H]6C[C@H]7C[C@H]7N6C(=O)[C@@H](NC(=O)OC)C6CCOCC6)nc54)c3)cc2)[nH]1)C(C)C. The van der Waals surface area contributed by atoms with Gasteiger partial charge in [-0.1, -0.05) is 56.3 Å². The van der Waals surface area contributed by atoms with Crippen LogP contribution in [-0.4, -0.2) is 105 Å². The van der Waals surface area contributed by atoms with E-state index in [0.29, 0.717) is 37.9 Å². The molecule has 5 aromatic rings. The molecule has 10 rings (SSSR count). The molecule has 2 bridgehead atoms. The number of aromatic amines is 2. The Morgan fingerprint density at radius 3 is 2.27 bits per heavy atom. The maximum Gasteiger partial charge on any atom is 0.407 e. The van der Waals surface area contributed by atoms with Gasteiger partial charge >= 0.3 is 12.2 Å². The highest BCUT2D eigenvalue weighted by Gasteiger charge is 2.57. The van der Waals surface area contributed by atoms with E-state index in [1.807, 2.05) is 29.8 Å². The summed E-state index contributed by atoms with van der Waals surface area (Å²) in [6.07, 6.45) is 6.76. The van der Waals surface area contributed by atoms with Crippen LogP contribution in [0.3, 0.4) is 0 Å². The average molecular weight is 843 g/mol. The van der Waals surface area contributed by atoms with Crippen LogP contribution < -0.4 is 10.6 Å². The molecule has 2 aliphatic carbocycles. The van der Waals surface area contributed by atoms with Gasteiger partial charge < -0.3 is 44.6 Å². The second-order valence-electron chi connectivity index (χ2n) is 18.2. The van der Waals surface area contributed by atoms with Crippen LogP contribution in [0.2, 0.25) is 0 Å². The summed E-state index contributed by atoms with van der Waals surface area (Å²) in [6.45, 7) is 4.99. The molecule has 5 heterocycles. The van der Waals surface area contributed by atoms with E-state index < -0.39 is 24.3 Å². The Hall–Kier alpha value is -5.96. The molecule has 4 N–H and O–H groups in total. The Labute approximate surface area is 359 Å². The molecule has 324 valence electrons. The number of H-pyrrole nitrogens is 2. The minimum Gasteiger partial charge on any atom is -0.453 e. The molecule has 2 saturated carbocycles. The van der Waals surface area contributed by atoms with Crippen LogP contribution in [0.15, 0.2) is 60.8 Å². The topological polar surface area (TPSA) is 184 Å². The summed E-state index contributed by atoms with van der Waals surface area (Å²) in [5, 5.41) is 7.72. The quantitative estimate of drug-likeness (QED) is 0.115. The highest BCUT2D eigenvalue weighted by atomic mass is 16.5. The summed E-state index contributed by atoms with van der Waals surface area (Å²) >= 11 is 0. The number of piperidine rings is 2. The second kappa shape index (κ2) is 16.1.